The van der Waals surface area contributed by atoms with Gasteiger partial charge in [0, 0.05) is 59.1 Å². The van der Waals surface area contributed by atoms with Crippen LogP contribution in [0.25, 0.3) is 0 Å². The van der Waals surface area contributed by atoms with Crippen LogP contribution in [0.1, 0.15) is 176 Å². The number of aliphatic carboxylic acids is 4. The van der Waals surface area contributed by atoms with E-state index in [0.29, 0.717) is 25.8 Å². The third-order valence-electron chi connectivity index (χ3n) is 12.4. The van der Waals surface area contributed by atoms with Crippen molar-refractivity contribution in [1.82, 2.24) is 31.9 Å². The Morgan fingerprint density at radius 1 is 0.359 bits per heavy atom. The number of Topliss-reactive ketones (excluding diaryl/α,β-unsaturated/α-hetero) is 1. The van der Waals surface area contributed by atoms with Crippen LogP contribution in [0.4, 0.5) is 0 Å². The van der Waals surface area contributed by atoms with Crippen molar-refractivity contribution in [3.8, 4) is 0 Å². The van der Waals surface area contributed by atoms with E-state index >= 15 is 0 Å². The zero-order valence-electron chi connectivity index (χ0n) is 46.2. The van der Waals surface area contributed by atoms with Gasteiger partial charge in [0.25, 0.3) is 0 Å². The van der Waals surface area contributed by atoms with Crippen LogP contribution in [0.3, 0.4) is 0 Å². The lowest BCUT2D eigenvalue weighted by atomic mass is 10.0. The van der Waals surface area contributed by atoms with Gasteiger partial charge in [-0.3, -0.25) is 38.4 Å². The van der Waals surface area contributed by atoms with Crippen LogP contribution < -0.4 is 31.9 Å². The molecule has 0 rings (SSSR count). The SMILES string of the molecule is CC(=O)[C@@H](C)CCCCNC(=O)CC[C@H](NC(=O)CC[C@H](NC(=O)COCCOCCNC(=O)COCCOCCNC(=O)CC[C@H](NC(=O)CCCCCCCCCCCCCCCCC(=O)O)C(=O)O)C(=O)O)C(=O)O.[HH]. The molecule has 78 heavy (non-hydrogen) atoms. The van der Waals surface area contributed by atoms with Crippen molar-refractivity contribution in [2.24, 2.45) is 5.92 Å². The molecule has 0 aromatic carbocycles. The molecule has 25 heteroatoms. The summed E-state index contributed by atoms with van der Waals surface area (Å²) in [6, 6.07) is -4.05. The van der Waals surface area contributed by atoms with Crippen LogP contribution in [0.2, 0.25) is 0 Å². The second-order valence-corrected chi connectivity index (χ2v) is 19.2. The maximum atomic E-state index is 12.4. The molecular formula is C53H94N6O19. The maximum Gasteiger partial charge on any atom is 0.326 e. The summed E-state index contributed by atoms with van der Waals surface area (Å²) in [5.41, 5.74) is 0. The summed E-state index contributed by atoms with van der Waals surface area (Å²) in [4.78, 5) is 130. The number of ether oxygens (including phenoxy) is 4. The highest BCUT2D eigenvalue weighted by Gasteiger charge is 2.25. The summed E-state index contributed by atoms with van der Waals surface area (Å²) in [6.07, 6.45) is 16.0. The van der Waals surface area contributed by atoms with Crippen molar-refractivity contribution in [3.05, 3.63) is 0 Å². The lowest BCUT2D eigenvalue weighted by Gasteiger charge is -2.17. The molecule has 0 bridgehead atoms. The first-order valence-electron chi connectivity index (χ1n) is 27.7. The number of nitrogens with one attached hydrogen (secondary N) is 6. The Balaban J connectivity index is 0. The molecule has 0 spiro atoms. The van der Waals surface area contributed by atoms with Gasteiger partial charge in [-0.15, -0.1) is 0 Å². The lowest BCUT2D eigenvalue weighted by Crippen LogP contribution is -2.45. The van der Waals surface area contributed by atoms with Gasteiger partial charge in [0.15, 0.2) is 0 Å². The largest absolute Gasteiger partial charge is 0.481 e. The molecule has 10 N–H and O–H groups in total. The highest BCUT2D eigenvalue weighted by atomic mass is 16.5. The number of carboxylic acid groups (broad SMARTS) is 4. The van der Waals surface area contributed by atoms with Gasteiger partial charge in [-0.05, 0) is 51.9 Å². The number of ketones is 1. The quantitative estimate of drug-likeness (QED) is 0.0390. The molecule has 0 aliphatic rings. The molecule has 6 amide bonds. The van der Waals surface area contributed by atoms with Crippen molar-refractivity contribution in [2.75, 3.05) is 72.5 Å². The molecule has 0 aliphatic heterocycles. The molecule has 0 aromatic rings. The standard InChI is InChI=1S/C53H92N6O19.H2/c1-39(40(2)60)19-17-18-28-54-44(61)25-22-42(52(71)72)58-47(64)27-24-43(53(73)74)59-49(66)38-78-36-34-76-32-30-56-48(65)37-77-35-33-75-31-29-55-45(62)26-23-41(51(69)70)57-46(63)20-15-13-11-9-7-5-3-4-6-8-10-12-14-16-21-50(67)68;/h39,41-43H,3-38H2,1-2H3,(H,54,61)(H,55,62)(H,56,65)(H,57,63)(H,58,64)(H,59,66)(H,67,68)(H,69,70)(H,71,72)(H,73,74);1H/t39-,41-,42-,43-;/m0./s1. The van der Waals surface area contributed by atoms with E-state index < -0.39 is 84.6 Å². The summed E-state index contributed by atoms with van der Waals surface area (Å²) in [5.74, 6) is -7.84. The Morgan fingerprint density at radius 3 is 1.13 bits per heavy atom. The van der Waals surface area contributed by atoms with E-state index in [9.17, 15) is 68.1 Å². The number of rotatable bonds is 54. The van der Waals surface area contributed by atoms with Crippen molar-refractivity contribution < 1.29 is 93.5 Å². The van der Waals surface area contributed by atoms with Crippen LogP contribution in [0.5, 0.6) is 0 Å². The zero-order chi connectivity index (χ0) is 58.2. The van der Waals surface area contributed by atoms with Gasteiger partial charge in [-0.2, -0.15) is 0 Å². The maximum absolute atomic E-state index is 12.4. The molecule has 25 nitrogen and oxygen atoms in total. The Hall–Kier alpha value is -5.79. The van der Waals surface area contributed by atoms with Gasteiger partial charge in [0.2, 0.25) is 35.4 Å². The van der Waals surface area contributed by atoms with Gasteiger partial charge in [-0.1, -0.05) is 90.4 Å². The van der Waals surface area contributed by atoms with Gasteiger partial charge in [0.05, 0.1) is 39.6 Å². The van der Waals surface area contributed by atoms with Gasteiger partial charge in [0.1, 0.15) is 37.1 Å². The van der Waals surface area contributed by atoms with Crippen LogP contribution in [-0.2, 0) is 71.7 Å². The van der Waals surface area contributed by atoms with E-state index in [1.54, 1.807) is 0 Å². The first-order chi connectivity index (χ1) is 37.3. The minimum atomic E-state index is -1.47. The Bertz CT molecular complexity index is 1780. The average Bonchev–Trinajstić information content (AvgIpc) is 3.38. The highest BCUT2D eigenvalue weighted by Crippen LogP contribution is 2.14. The number of amides is 6. The van der Waals surface area contributed by atoms with E-state index in [1.165, 1.54) is 39.0 Å². The molecule has 0 aromatic heterocycles. The zero-order valence-corrected chi connectivity index (χ0v) is 46.2. The summed E-state index contributed by atoms with van der Waals surface area (Å²) in [5, 5.41) is 52.2. The van der Waals surface area contributed by atoms with Crippen LogP contribution in [0.15, 0.2) is 0 Å². The van der Waals surface area contributed by atoms with Gasteiger partial charge < -0.3 is 71.3 Å². The monoisotopic (exact) mass is 1120 g/mol. The van der Waals surface area contributed by atoms with Crippen molar-refractivity contribution in [1.29, 1.82) is 0 Å². The Kier molecular flexibility index (Phi) is 44.8. The van der Waals surface area contributed by atoms with E-state index in [2.05, 4.69) is 31.9 Å². The topological polar surface area (TPSA) is 378 Å². The van der Waals surface area contributed by atoms with E-state index in [4.69, 9.17) is 24.1 Å². The summed E-state index contributed by atoms with van der Waals surface area (Å²) < 4.78 is 21.2. The highest BCUT2D eigenvalue weighted by molar-refractivity contribution is 5.87. The van der Waals surface area contributed by atoms with Gasteiger partial charge in [-0.25, -0.2) is 14.4 Å². The summed E-state index contributed by atoms with van der Waals surface area (Å²) >= 11 is 0. The van der Waals surface area contributed by atoms with Crippen LogP contribution in [0, 0.1) is 5.92 Å². The molecular weight excluding hydrogens is 1020 g/mol. The fourth-order valence-electron chi connectivity index (χ4n) is 7.58. The predicted molar refractivity (Wildman–Crippen MR) is 286 cm³/mol. The second-order valence-electron chi connectivity index (χ2n) is 19.2. The molecule has 0 saturated heterocycles. The Morgan fingerprint density at radius 2 is 0.705 bits per heavy atom. The van der Waals surface area contributed by atoms with Crippen molar-refractivity contribution in [2.45, 2.75) is 192 Å². The first kappa shape index (κ1) is 72.2. The minimum absolute atomic E-state index is 0. The van der Waals surface area contributed by atoms with Crippen molar-refractivity contribution in [3.63, 3.8) is 0 Å². The van der Waals surface area contributed by atoms with E-state index in [-0.39, 0.29) is 123 Å². The number of unbranched alkanes of at least 4 members (excludes halogenated alkanes) is 14. The van der Waals surface area contributed by atoms with E-state index in [0.717, 1.165) is 57.8 Å². The first-order valence-corrected chi connectivity index (χ1v) is 27.7. The van der Waals surface area contributed by atoms with Gasteiger partial charge >= 0.3 is 23.9 Å². The fraction of sp³-hybridized carbons (Fsp3) is 0.792. The number of hydrogen-bond donors (Lipinski definition) is 10. The van der Waals surface area contributed by atoms with Crippen molar-refractivity contribution >= 4 is 65.1 Å². The number of carbonyl (C=O) groups is 11. The number of hydrogen-bond acceptors (Lipinski definition) is 15. The fourth-order valence-corrected chi connectivity index (χ4v) is 7.58. The molecule has 0 fully saturated rings. The second kappa shape index (κ2) is 48.3. The van der Waals surface area contributed by atoms with E-state index in [1.807, 2.05) is 6.92 Å². The predicted octanol–water partition coefficient (Wildman–Crippen LogP) is 3.42. The van der Waals surface area contributed by atoms with Crippen LogP contribution in [-0.4, -0.2) is 176 Å². The smallest absolute Gasteiger partial charge is 0.326 e. The molecule has 450 valence electrons. The molecule has 0 unspecified atom stereocenters. The molecule has 0 radical (unpaired) electrons. The number of carboxylic acids is 4. The normalized spacial score (nSPS) is 12.5. The lowest BCUT2D eigenvalue weighted by molar-refractivity contribution is -0.144. The number of carbonyl (C=O) groups excluding carboxylic acids is 7. The van der Waals surface area contributed by atoms with Crippen LogP contribution >= 0.6 is 0 Å². The molecule has 0 saturated carbocycles. The summed E-state index contributed by atoms with van der Waals surface area (Å²) in [6.45, 7) is 3.73. The molecule has 0 heterocycles. The third-order valence-corrected chi connectivity index (χ3v) is 12.4. The molecule has 0 aliphatic carbocycles. The third kappa shape index (κ3) is 45.3. The molecule has 4 atom stereocenters. The minimum Gasteiger partial charge on any atom is -0.481 e. The summed E-state index contributed by atoms with van der Waals surface area (Å²) in [7, 11) is 0. The average molecular weight is 1120 g/mol. The Labute approximate surface area is 460 Å².